The molecule has 0 radical (unpaired) electrons. The minimum Gasteiger partial charge on any atom is -0.301 e. The highest BCUT2D eigenvalue weighted by atomic mass is 15.2. The standard InChI is InChI=1S/C7H16N2/c1-5(2)7-4-8-6(3)9-7/h5-9H,4H2,1-3H3. The molecular weight excluding hydrogens is 112 g/mol. The lowest BCUT2D eigenvalue weighted by Gasteiger charge is -2.13. The highest BCUT2D eigenvalue weighted by molar-refractivity contribution is 4.82. The molecule has 2 heteroatoms. The van der Waals surface area contributed by atoms with Gasteiger partial charge in [0.1, 0.15) is 0 Å². The van der Waals surface area contributed by atoms with Crippen molar-refractivity contribution in [2.45, 2.75) is 33.0 Å². The molecule has 1 heterocycles. The number of rotatable bonds is 1. The molecule has 2 nitrogen and oxygen atoms in total. The van der Waals surface area contributed by atoms with Gasteiger partial charge in [-0.05, 0) is 12.8 Å². The van der Waals surface area contributed by atoms with Crippen LogP contribution in [-0.4, -0.2) is 18.8 Å². The Morgan fingerprint density at radius 3 is 2.33 bits per heavy atom. The fourth-order valence-electron chi connectivity index (χ4n) is 1.17. The van der Waals surface area contributed by atoms with E-state index in [-0.39, 0.29) is 0 Å². The Kier molecular flexibility index (Phi) is 2.09. The molecule has 0 aromatic carbocycles. The lowest BCUT2D eigenvalue weighted by Crippen LogP contribution is -2.33. The van der Waals surface area contributed by atoms with E-state index in [4.69, 9.17) is 0 Å². The normalized spacial score (nSPS) is 36.0. The summed E-state index contributed by atoms with van der Waals surface area (Å²) >= 11 is 0. The molecule has 0 saturated carbocycles. The van der Waals surface area contributed by atoms with E-state index in [1.54, 1.807) is 0 Å². The van der Waals surface area contributed by atoms with Crippen LogP contribution in [0.3, 0.4) is 0 Å². The Morgan fingerprint density at radius 1 is 1.44 bits per heavy atom. The van der Waals surface area contributed by atoms with Gasteiger partial charge in [0.25, 0.3) is 0 Å². The molecule has 2 unspecified atom stereocenters. The van der Waals surface area contributed by atoms with Gasteiger partial charge in [-0.3, -0.25) is 5.32 Å². The first-order chi connectivity index (χ1) is 4.20. The zero-order valence-corrected chi connectivity index (χ0v) is 6.44. The maximum Gasteiger partial charge on any atom is 0.0545 e. The molecule has 9 heavy (non-hydrogen) atoms. The zero-order valence-electron chi connectivity index (χ0n) is 6.44. The first-order valence-corrected chi connectivity index (χ1v) is 3.69. The molecule has 2 N–H and O–H groups in total. The molecule has 0 amide bonds. The molecule has 0 aliphatic carbocycles. The highest BCUT2D eigenvalue weighted by Crippen LogP contribution is 2.05. The summed E-state index contributed by atoms with van der Waals surface area (Å²) in [5.41, 5.74) is 0. The Hall–Kier alpha value is -0.0800. The molecule has 54 valence electrons. The predicted octanol–water partition coefficient (Wildman–Crippen LogP) is 0.550. The molecule has 1 saturated heterocycles. The van der Waals surface area contributed by atoms with Crippen LogP contribution in [0.2, 0.25) is 0 Å². The van der Waals surface area contributed by atoms with Gasteiger partial charge in [-0.1, -0.05) is 13.8 Å². The van der Waals surface area contributed by atoms with Crippen LogP contribution in [0.15, 0.2) is 0 Å². The second-order valence-electron chi connectivity index (χ2n) is 3.15. The van der Waals surface area contributed by atoms with Gasteiger partial charge in [-0.2, -0.15) is 0 Å². The van der Waals surface area contributed by atoms with Crippen LogP contribution in [0.1, 0.15) is 20.8 Å². The van der Waals surface area contributed by atoms with E-state index in [0.29, 0.717) is 12.2 Å². The Bertz CT molecular complexity index is 90.9. The summed E-state index contributed by atoms with van der Waals surface area (Å²) in [6.45, 7) is 7.77. The summed E-state index contributed by atoms with van der Waals surface area (Å²) < 4.78 is 0. The summed E-state index contributed by atoms with van der Waals surface area (Å²) in [5, 5.41) is 6.78. The van der Waals surface area contributed by atoms with Crippen LogP contribution in [0.4, 0.5) is 0 Å². The fraction of sp³-hybridized carbons (Fsp3) is 1.00. The molecule has 0 aromatic heterocycles. The van der Waals surface area contributed by atoms with Crippen molar-refractivity contribution in [2.75, 3.05) is 6.54 Å². The molecule has 0 aromatic rings. The largest absolute Gasteiger partial charge is 0.301 e. The average Bonchev–Trinajstić information content (AvgIpc) is 2.14. The summed E-state index contributed by atoms with van der Waals surface area (Å²) in [6, 6.07) is 0.681. The second-order valence-corrected chi connectivity index (χ2v) is 3.15. The van der Waals surface area contributed by atoms with E-state index in [1.807, 2.05) is 0 Å². The van der Waals surface area contributed by atoms with Gasteiger partial charge >= 0.3 is 0 Å². The number of hydrogen-bond acceptors (Lipinski definition) is 2. The Morgan fingerprint density at radius 2 is 2.11 bits per heavy atom. The summed E-state index contributed by atoms with van der Waals surface area (Å²) in [6.07, 6.45) is 0.511. The van der Waals surface area contributed by atoms with E-state index in [0.717, 1.165) is 12.5 Å². The van der Waals surface area contributed by atoms with Gasteiger partial charge in [0.2, 0.25) is 0 Å². The van der Waals surface area contributed by atoms with Crippen LogP contribution < -0.4 is 10.6 Å². The molecule has 2 atom stereocenters. The van der Waals surface area contributed by atoms with Crippen molar-refractivity contribution in [3.63, 3.8) is 0 Å². The van der Waals surface area contributed by atoms with Gasteiger partial charge < -0.3 is 5.32 Å². The zero-order chi connectivity index (χ0) is 6.85. The van der Waals surface area contributed by atoms with Crippen molar-refractivity contribution in [3.05, 3.63) is 0 Å². The molecule has 1 fully saturated rings. The van der Waals surface area contributed by atoms with Crippen LogP contribution in [-0.2, 0) is 0 Å². The first kappa shape index (κ1) is 7.03. The van der Waals surface area contributed by atoms with Crippen molar-refractivity contribution >= 4 is 0 Å². The van der Waals surface area contributed by atoms with Crippen molar-refractivity contribution in [1.82, 2.24) is 10.6 Å². The maximum absolute atomic E-state index is 3.44. The van der Waals surface area contributed by atoms with Gasteiger partial charge in [0, 0.05) is 12.6 Å². The molecular formula is C7H16N2. The third-order valence-corrected chi connectivity index (χ3v) is 1.91. The van der Waals surface area contributed by atoms with Crippen LogP contribution in [0, 0.1) is 5.92 Å². The van der Waals surface area contributed by atoms with Crippen LogP contribution in [0.5, 0.6) is 0 Å². The quantitative estimate of drug-likeness (QED) is 0.539. The lowest BCUT2D eigenvalue weighted by atomic mass is 10.1. The Balaban J connectivity index is 2.30. The highest BCUT2D eigenvalue weighted by Gasteiger charge is 2.21. The van der Waals surface area contributed by atoms with Crippen LogP contribution in [0.25, 0.3) is 0 Å². The van der Waals surface area contributed by atoms with Gasteiger partial charge in [0.15, 0.2) is 0 Å². The van der Waals surface area contributed by atoms with E-state index in [9.17, 15) is 0 Å². The van der Waals surface area contributed by atoms with E-state index >= 15 is 0 Å². The predicted molar refractivity (Wildman–Crippen MR) is 39.2 cm³/mol. The smallest absolute Gasteiger partial charge is 0.0545 e. The van der Waals surface area contributed by atoms with Crippen molar-refractivity contribution < 1.29 is 0 Å². The summed E-state index contributed by atoms with van der Waals surface area (Å²) in [4.78, 5) is 0. The van der Waals surface area contributed by atoms with Crippen molar-refractivity contribution in [1.29, 1.82) is 0 Å². The third-order valence-electron chi connectivity index (χ3n) is 1.91. The number of nitrogens with one attached hydrogen (secondary N) is 2. The minimum atomic E-state index is 0.511. The van der Waals surface area contributed by atoms with E-state index in [1.165, 1.54) is 0 Å². The molecule has 1 rings (SSSR count). The van der Waals surface area contributed by atoms with Crippen molar-refractivity contribution in [3.8, 4) is 0 Å². The average molecular weight is 128 g/mol. The molecule has 1 aliphatic rings. The topological polar surface area (TPSA) is 24.1 Å². The minimum absolute atomic E-state index is 0.511. The lowest BCUT2D eigenvalue weighted by molar-refractivity contribution is 0.449. The van der Waals surface area contributed by atoms with Gasteiger partial charge in [-0.25, -0.2) is 0 Å². The third kappa shape index (κ3) is 1.66. The molecule has 0 bridgehead atoms. The Labute approximate surface area is 57.0 Å². The molecule has 0 spiro atoms. The summed E-state index contributed by atoms with van der Waals surface area (Å²) in [7, 11) is 0. The first-order valence-electron chi connectivity index (χ1n) is 3.69. The van der Waals surface area contributed by atoms with E-state index < -0.39 is 0 Å². The van der Waals surface area contributed by atoms with E-state index in [2.05, 4.69) is 31.4 Å². The monoisotopic (exact) mass is 128 g/mol. The fourth-order valence-corrected chi connectivity index (χ4v) is 1.17. The summed E-state index contributed by atoms with van der Waals surface area (Å²) in [5.74, 6) is 0.752. The van der Waals surface area contributed by atoms with Crippen LogP contribution >= 0.6 is 0 Å². The molecule has 1 aliphatic heterocycles. The number of hydrogen-bond donors (Lipinski definition) is 2. The van der Waals surface area contributed by atoms with Crippen molar-refractivity contribution in [2.24, 2.45) is 5.92 Å². The maximum atomic E-state index is 3.44. The SMILES string of the molecule is CC1NCC(C(C)C)N1. The van der Waals surface area contributed by atoms with Gasteiger partial charge in [-0.15, -0.1) is 0 Å². The second kappa shape index (κ2) is 2.67. The van der Waals surface area contributed by atoms with Gasteiger partial charge in [0.05, 0.1) is 6.17 Å².